The Kier molecular flexibility index (Phi) is 3.75. The summed E-state index contributed by atoms with van der Waals surface area (Å²) in [7, 11) is 1.65. The van der Waals surface area contributed by atoms with Gasteiger partial charge in [0.15, 0.2) is 0 Å². The number of nitrogens with zero attached hydrogens (tertiary/aromatic N) is 2. The van der Waals surface area contributed by atoms with E-state index in [2.05, 4.69) is 4.98 Å². The van der Waals surface area contributed by atoms with E-state index in [9.17, 15) is 0 Å². The van der Waals surface area contributed by atoms with Crippen LogP contribution >= 0.6 is 0 Å². The highest BCUT2D eigenvalue weighted by Gasteiger charge is 2.06. The van der Waals surface area contributed by atoms with Crippen molar-refractivity contribution < 1.29 is 14.6 Å². The highest BCUT2D eigenvalue weighted by Crippen LogP contribution is 2.24. The molecule has 5 nitrogen and oxygen atoms in total. The number of imidazole rings is 1. The maximum Gasteiger partial charge on any atom is 0.121 e. The molecule has 0 amide bonds. The lowest BCUT2D eigenvalue weighted by Crippen LogP contribution is -2.01. The number of ether oxygens (including phenoxy) is 2. The molecule has 0 saturated heterocycles. The van der Waals surface area contributed by atoms with Crippen LogP contribution in [-0.4, -0.2) is 35.0 Å². The van der Waals surface area contributed by atoms with Crippen molar-refractivity contribution in [1.82, 2.24) is 9.55 Å². The van der Waals surface area contributed by atoms with Gasteiger partial charge in [-0.15, -0.1) is 0 Å². The van der Waals surface area contributed by atoms with E-state index in [1.807, 2.05) is 47.0 Å². The zero-order chi connectivity index (χ0) is 14.7. The molecule has 0 saturated carbocycles. The summed E-state index contributed by atoms with van der Waals surface area (Å²) in [4.78, 5) is 4.39. The first-order chi connectivity index (χ1) is 10.3. The number of aliphatic hydroxyl groups excluding tert-OH is 1. The standard InChI is InChI=1S/C16H16N2O3/c1-20-14-6-7-15-16(10-14)18(11-17-15)12-2-4-13(5-3-12)21-9-8-19/h2-7,10-11,19H,8-9H2,1H3. The van der Waals surface area contributed by atoms with Crippen LogP contribution in [0.15, 0.2) is 48.8 Å². The lowest BCUT2D eigenvalue weighted by Gasteiger charge is -2.08. The third-order valence-electron chi connectivity index (χ3n) is 3.23. The average Bonchev–Trinajstić information content (AvgIpc) is 2.96. The van der Waals surface area contributed by atoms with Crippen LogP contribution in [0.25, 0.3) is 16.7 Å². The predicted octanol–water partition coefficient (Wildman–Crippen LogP) is 2.41. The van der Waals surface area contributed by atoms with Gasteiger partial charge in [0.25, 0.3) is 0 Å². The Morgan fingerprint density at radius 1 is 1.10 bits per heavy atom. The van der Waals surface area contributed by atoms with E-state index in [1.165, 1.54) is 0 Å². The molecular formula is C16H16N2O3. The molecule has 0 fully saturated rings. The number of benzene rings is 2. The van der Waals surface area contributed by atoms with Crippen LogP contribution in [0.1, 0.15) is 0 Å². The van der Waals surface area contributed by atoms with Crippen LogP contribution in [0.4, 0.5) is 0 Å². The number of aromatic nitrogens is 2. The van der Waals surface area contributed by atoms with Gasteiger partial charge in [0.1, 0.15) is 24.4 Å². The zero-order valence-electron chi connectivity index (χ0n) is 11.7. The van der Waals surface area contributed by atoms with Gasteiger partial charge >= 0.3 is 0 Å². The fourth-order valence-electron chi connectivity index (χ4n) is 2.19. The monoisotopic (exact) mass is 284 g/mol. The van der Waals surface area contributed by atoms with Gasteiger partial charge in [-0.1, -0.05) is 0 Å². The molecule has 0 bridgehead atoms. The van der Waals surface area contributed by atoms with Crippen LogP contribution in [0, 0.1) is 0 Å². The molecule has 1 heterocycles. The Morgan fingerprint density at radius 3 is 2.57 bits per heavy atom. The fraction of sp³-hybridized carbons (Fsp3) is 0.188. The van der Waals surface area contributed by atoms with E-state index in [1.54, 1.807) is 13.4 Å². The molecule has 0 aliphatic rings. The second kappa shape index (κ2) is 5.85. The largest absolute Gasteiger partial charge is 0.497 e. The van der Waals surface area contributed by atoms with Gasteiger partial charge in [0, 0.05) is 11.8 Å². The summed E-state index contributed by atoms with van der Waals surface area (Å²) in [5, 5.41) is 8.75. The van der Waals surface area contributed by atoms with Crippen LogP contribution in [0.5, 0.6) is 11.5 Å². The zero-order valence-corrected chi connectivity index (χ0v) is 11.7. The van der Waals surface area contributed by atoms with Crippen molar-refractivity contribution in [3.05, 3.63) is 48.8 Å². The Bertz CT molecular complexity index is 735. The van der Waals surface area contributed by atoms with E-state index in [0.29, 0.717) is 6.61 Å². The molecule has 0 aliphatic carbocycles. The predicted molar refractivity (Wildman–Crippen MR) is 80.2 cm³/mol. The van der Waals surface area contributed by atoms with Gasteiger partial charge in [0.2, 0.25) is 0 Å². The molecule has 3 aromatic rings. The molecule has 0 spiro atoms. The van der Waals surface area contributed by atoms with Crippen molar-refractivity contribution in [2.75, 3.05) is 20.3 Å². The highest BCUT2D eigenvalue weighted by molar-refractivity contribution is 5.79. The number of hydrogen-bond donors (Lipinski definition) is 1. The van der Waals surface area contributed by atoms with Crippen molar-refractivity contribution in [3.63, 3.8) is 0 Å². The molecule has 1 aromatic heterocycles. The van der Waals surface area contributed by atoms with Crippen molar-refractivity contribution in [3.8, 4) is 17.2 Å². The maximum absolute atomic E-state index is 8.75. The van der Waals surface area contributed by atoms with Gasteiger partial charge in [-0.05, 0) is 36.4 Å². The van der Waals surface area contributed by atoms with Gasteiger partial charge in [0.05, 0.1) is 24.8 Å². The van der Waals surface area contributed by atoms with Crippen LogP contribution < -0.4 is 9.47 Å². The molecule has 2 aromatic carbocycles. The second-order valence-electron chi connectivity index (χ2n) is 4.54. The second-order valence-corrected chi connectivity index (χ2v) is 4.54. The average molecular weight is 284 g/mol. The topological polar surface area (TPSA) is 56.5 Å². The van der Waals surface area contributed by atoms with Crippen LogP contribution in [-0.2, 0) is 0 Å². The van der Waals surface area contributed by atoms with E-state index in [-0.39, 0.29) is 6.61 Å². The number of fused-ring (bicyclic) bond motifs is 1. The van der Waals surface area contributed by atoms with Gasteiger partial charge in [-0.2, -0.15) is 0 Å². The Morgan fingerprint density at radius 2 is 1.86 bits per heavy atom. The number of rotatable bonds is 5. The fourth-order valence-corrected chi connectivity index (χ4v) is 2.19. The SMILES string of the molecule is COc1ccc2ncn(-c3ccc(OCCO)cc3)c2c1. The Hall–Kier alpha value is -2.53. The molecule has 3 rings (SSSR count). The molecule has 21 heavy (non-hydrogen) atoms. The number of aliphatic hydroxyl groups is 1. The quantitative estimate of drug-likeness (QED) is 0.781. The summed E-state index contributed by atoms with van der Waals surface area (Å²) < 4.78 is 12.6. The first-order valence-electron chi connectivity index (χ1n) is 6.67. The number of methoxy groups -OCH3 is 1. The molecule has 5 heteroatoms. The molecule has 0 radical (unpaired) electrons. The normalized spacial score (nSPS) is 10.8. The first-order valence-corrected chi connectivity index (χ1v) is 6.67. The lowest BCUT2D eigenvalue weighted by atomic mass is 10.2. The van der Waals surface area contributed by atoms with Crippen molar-refractivity contribution >= 4 is 11.0 Å². The Labute approximate surface area is 122 Å². The third kappa shape index (κ3) is 2.68. The minimum absolute atomic E-state index is 0.00764. The van der Waals surface area contributed by atoms with Crippen molar-refractivity contribution in [2.24, 2.45) is 0 Å². The Balaban J connectivity index is 1.96. The van der Waals surface area contributed by atoms with Crippen molar-refractivity contribution in [1.29, 1.82) is 0 Å². The van der Waals surface area contributed by atoms with Gasteiger partial charge in [-0.3, -0.25) is 4.57 Å². The molecule has 108 valence electrons. The summed E-state index contributed by atoms with van der Waals surface area (Å²) in [6.45, 7) is 0.304. The molecular weight excluding hydrogens is 268 g/mol. The van der Waals surface area contributed by atoms with Crippen LogP contribution in [0.3, 0.4) is 0 Å². The van der Waals surface area contributed by atoms with Gasteiger partial charge < -0.3 is 14.6 Å². The van der Waals surface area contributed by atoms with E-state index in [4.69, 9.17) is 14.6 Å². The third-order valence-corrected chi connectivity index (χ3v) is 3.23. The van der Waals surface area contributed by atoms with Gasteiger partial charge in [-0.25, -0.2) is 4.98 Å². The van der Waals surface area contributed by atoms with E-state index in [0.717, 1.165) is 28.2 Å². The van der Waals surface area contributed by atoms with E-state index >= 15 is 0 Å². The molecule has 0 unspecified atom stereocenters. The summed E-state index contributed by atoms with van der Waals surface area (Å²) >= 11 is 0. The highest BCUT2D eigenvalue weighted by atomic mass is 16.5. The molecule has 1 N–H and O–H groups in total. The minimum Gasteiger partial charge on any atom is -0.497 e. The van der Waals surface area contributed by atoms with Crippen molar-refractivity contribution in [2.45, 2.75) is 0 Å². The lowest BCUT2D eigenvalue weighted by molar-refractivity contribution is 0.201. The smallest absolute Gasteiger partial charge is 0.121 e. The summed E-state index contributed by atoms with van der Waals surface area (Å²) in [5.41, 5.74) is 2.89. The summed E-state index contributed by atoms with van der Waals surface area (Å²) in [6.07, 6.45) is 1.79. The maximum atomic E-state index is 8.75. The summed E-state index contributed by atoms with van der Waals surface area (Å²) in [5.74, 6) is 1.53. The van der Waals surface area contributed by atoms with Crippen LogP contribution in [0.2, 0.25) is 0 Å². The van der Waals surface area contributed by atoms with E-state index < -0.39 is 0 Å². The number of hydrogen-bond acceptors (Lipinski definition) is 4. The molecule has 0 aliphatic heterocycles. The molecule has 0 atom stereocenters. The first kappa shape index (κ1) is 13.5. The minimum atomic E-state index is 0.00764. The summed E-state index contributed by atoms with van der Waals surface area (Å²) in [6, 6.07) is 13.4.